The van der Waals surface area contributed by atoms with Crippen molar-refractivity contribution < 1.29 is 17.9 Å². The highest BCUT2D eigenvalue weighted by Crippen LogP contribution is 2.13. The number of hydrogen-bond donors (Lipinski definition) is 1. The number of carbonyl (C=O) groups excluding carboxylic acids is 1. The zero-order chi connectivity index (χ0) is 16.2. The number of aromatic nitrogens is 1. The van der Waals surface area contributed by atoms with E-state index in [1.165, 1.54) is 32.4 Å². The number of nitrogens with one attached hydrogen (secondary N) is 1. The molecule has 1 aromatic heterocycles. The largest absolute Gasteiger partial charge is 0.481 e. The molecule has 0 bridgehead atoms. The minimum Gasteiger partial charge on any atom is -0.481 e. The monoisotopic (exact) mass is 320 g/mol. The number of benzene rings is 1. The van der Waals surface area contributed by atoms with Crippen LogP contribution < -0.4 is 9.46 Å². The Labute approximate surface area is 129 Å². The van der Waals surface area contributed by atoms with Gasteiger partial charge in [-0.2, -0.15) is 0 Å². The molecule has 0 aliphatic heterocycles. The highest BCUT2D eigenvalue weighted by atomic mass is 32.2. The summed E-state index contributed by atoms with van der Waals surface area (Å²) in [6, 6.07) is 9.30. The minimum absolute atomic E-state index is 0.0571. The first kappa shape index (κ1) is 16.1. The first-order valence-electron chi connectivity index (χ1n) is 6.52. The van der Waals surface area contributed by atoms with Crippen molar-refractivity contribution >= 4 is 15.8 Å². The van der Waals surface area contributed by atoms with Crippen LogP contribution in [-0.4, -0.2) is 26.3 Å². The van der Waals surface area contributed by atoms with Gasteiger partial charge in [0.2, 0.25) is 15.9 Å². The summed E-state index contributed by atoms with van der Waals surface area (Å²) in [4.78, 5) is 15.4. The van der Waals surface area contributed by atoms with Gasteiger partial charge in [0, 0.05) is 24.4 Å². The number of rotatable bonds is 6. The zero-order valence-corrected chi connectivity index (χ0v) is 13.1. The molecular formula is C15H16N2O4S. The Balaban J connectivity index is 2.13. The first-order chi connectivity index (χ1) is 10.4. The second-order valence-corrected chi connectivity index (χ2v) is 6.38. The molecule has 0 aliphatic carbocycles. The van der Waals surface area contributed by atoms with Crippen LogP contribution in [0.1, 0.15) is 22.8 Å². The number of ether oxygens (including phenoxy) is 1. The number of nitrogens with zero attached hydrogens (tertiary/aromatic N) is 1. The molecule has 22 heavy (non-hydrogen) atoms. The van der Waals surface area contributed by atoms with E-state index in [0.717, 1.165) is 0 Å². The molecule has 1 heterocycles. The summed E-state index contributed by atoms with van der Waals surface area (Å²) in [6.07, 6.45) is 1.54. The van der Waals surface area contributed by atoms with Crippen molar-refractivity contribution in [3.63, 3.8) is 0 Å². The lowest BCUT2D eigenvalue weighted by molar-refractivity contribution is 0.101. The third-order valence-electron chi connectivity index (χ3n) is 3.02. The maximum Gasteiger partial charge on any atom is 0.240 e. The molecule has 0 atom stereocenters. The van der Waals surface area contributed by atoms with E-state index in [0.29, 0.717) is 17.0 Å². The number of carbonyl (C=O) groups is 1. The number of sulfonamides is 1. The van der Waals surface area contributed by atoms with Crippen molar-refractivity contribution in [2.75, 3.05) is 7.11 Å². The molecule has 0 fully saturated rings. The van der Waals surface area contributed by atoms with Crippen LogP contribution in [0.25, 0.3) is 0 Å². The topological polar surface area (TPSA) is 85.4 Å². The van der Waals surface area contributed by atoms with Gasteiger partial charge in [-0.1, -0.05) is 18.2 Å². The number of Topliss-reactive ketones (excluding diaryl/α,β-unsaturated/α-hetero) is 1. The fourth-order valence-electron chi connectivity index (χ4n) is 1.78. The maximum atomic E-state index is 12.2. The Kier molecular flexibility index (Phi) is 4.89. The molecule has 2 rings (SSSR count). The van der Waals surface area contributed by atoms with Crippen molar-refractivity contribution in [2.24, 2.45) is 0 Å². The molecule has 6 nitrogen and oxygen atoms in total. The van der Waals surface area contributed by atoms with Gasteiger partial charge >= 0.3 is 0 Å². The van der Waals surface area contributed by atoms with E-state index in [9.17, 15) is 13.2 Å². The quantitative estimate of drug-likeness (QED) is 0.820. The summed E-state index contributed by atoms with van der Waals surface area (Å²) >= 11 is 0. The molecule has 0 radical (unpaired) electrons. The molecule has 2 aromatic rings. The predicted molar refractivity (Wildman–Crippen MR) is 81.3 cm³/mol. The summed E-state index contributed by atoms with van der Waals surface area (Å²) in [5.74, 6) is 0.275. The van der Waals surface area contributed by atoms with Gasteiger partial charge in [0.05, 0.1) is 12.0 Å². The number of methoxy groups -OCH3 is 1. The zero-order valence-electron chi connectivity index (χ0n) is 12.2. The van der Waals surface area contributed by atoms with Gasteiger partial charge in [0.15, 0.2) is 5.78 Å². The van der Waals surface area contributed by atoms with E-state index in [1.807, 2.05) is 0 Å². The standard InChI is InChI=1S/C15H16N2O4S/c1-11(18)13-4-3-5-14(8-13)22(19,20)17-10-12-6-7-15(21-2)16-9-12/h3-9,17H,10H2,1-2H3. The average molecular weight is 320 g/mol. The fourth-order valence-corrected chi connectivity index (χ4v) is 2.84. The van der Waals surface area contributed by atoms with Crippen LogP contribution in [0.3, 0.4) is 0 Å². The van der Waals surface area contributed by atoms with Crippen molar-refractivity contribution in [2.45, 2.75) is 18.4 Å². The average Bonchev–Trinajstić information content (AvgIpc) is 2.53. The molecule has 1 N–H and O–H groups in total. The molecule has 0 aliphatic rings. The van der Waals surface area contributed by atoms with Crippen LogP contribution in [0.15, 0.2) is 47.5 Å². The summed E-state index contributed by atoms with van der Waals surface area (Å²) < 4.78 is 31.9. The Morgan fingerprint density at radius 1 is 1.27 bits per heavy atom. The van der Waals surface area contributed by atoms with Crippen molar-refractivity contribution in [1.29, 1.82) is 0 Å². The molecule has 0 saturated carbocycles. The lowest BCUT2D eigenvalue weighted by Crippen LogP contribution is -2.23. The van der Waals surface area contributed by atoms with Crippen molar-refractivity contribution in [3.05, 3.63) is 53.7 Å². The molecule has 116 valence electrons. The fraction of sp³-hybridized carbons (Fsp3) is 0.200. The van der Waals surface area contributed by atoms with Gasteiger partial charge in [-0.15, -0.1) is 0 Å². The molecular weight excluding hydrogens is 304 g/mol. The van der Waals surface area contributed by atoms with Crippen molar-refractivity contribution in [1.82, 2.24) is 9.71 Å². The minimum atomic E-state index is -3.69. The first-order valence-corrected chi connectivity index (χ1v) is 8.00. The number of ketones is 1. The van der Waals surface area contributed by atoms with Gasteiger partial charge in [-0.3, -0.25) is 4.79 Å². The molecule has 0 unspecified atom stereocenters. The molecule has 7 heteroatoms. The SMILES string of the molecule is COc1ccc(CNS(=O)(=O)c2cccc(C(C)=O)c2)cn1. The van der Waals surface area contributed by atoms with E-state index in [1.54, 1.807) is 24.3 Å². The highest BCUT2D eigenvalue weighted by molar-refractivity contribution is 7.89. The lowest BCUT2D eigenvalue weighted by atomic mass is 10.2. The van der Waals surface area contributed by atoms with Gasteiger partial charge in [-0.25, -0.2) is 18.1 Å². The van der Waals surface area contributed by atoms with Gasteiger partial charge in [0.1, 0.15) is 0 Å². The second-order valence-electron chi connectivity index (χ2n) is 4.62. The van der Waals surface area contributed by atoms with Crippen LogP contribution >= 0.6 is 0 Å². The normalized spacial score (nSPS) is 11.2. The predicted octanol–water partition coefficient (Wildman–Crippen LogP) is 1.77. The van der Waals surface area contributed by atoms with Gasteiger partial charge < -0.3 is 4.74 Å². The Morgan fingerprint density at radius 2 is 2.05 bits per heavy atom. The van der Waals surface area contributed by atoms with E-state index in [4.69, 9.17) is 4.74 Å². The molecule has 0 saturated heterocycles. The number of pyridine rings is 1. The van der Waals surface area contributed by atoms with E-state index < -0.39 is 10.0 Å². The lowest BCUT2D eigenvalue weighted by Gasteiger charge is -2.08. The summed E-state index contributed by atoms with van der Waals surface area (Å²) in [5, 5.41) is 0. The van der Waals surface area contributed by atoms with Crippen LogP contribution in [0.2, 0.25) is 0 Å². The van der Waals surface area contributed by atoms with Crippen LogP contribution in [0.4, 0.5) is 0 Å². The summed E-state index contributed by atoms with van der Waals surface area (Å²) in [5.41, 5.74) is 1.06. The molecule has 0 amide bonds. The maximum absolute atomic E-state index is 12.2. The van der Waals surface area contributed by atoms with Crippen molar-refractivity contribution in [3.8, 4) is 5.88 Å². The van der Waals surface area contributed by atoms with Gasteiger partial charge in [0.25, 0.3) is 0 Å². The van der Waals surface area contributed by atoms with E-state index in [-0.39, 0.29) is 17.2 Å². The molecule has 0 spiro atoms. The van der Waals surface area contributed by atoms with Gasteiger partial charge in [-0.05, 0) is 24.6 Å². The van der Waals surface area contributed by atoms with Crippen LogP contribution in [0.5, 0.6) is 5.88 Å². The Hall–Kier alpha value is -2.25. The third kappa shape index (κ3) is 3.90. The Bertz CT molecular complexity index is 770. The number of hydrogen-bond acceptors (Lipinski definition) is 5. The summed E-state index contributed by atoms with van der Waals surface area (Å²) in [6.45, 7) is 1.49. The van der Waals surface area contributed by atoms with E-state index in [2.05, 4.69) is 9.71 Å². The van der Waals surface area contributed by atoms with Crippen LogP contribution in [0, 0.1) is 0 Å². The third-order valence-corrected chi connectivity index (χ3v) is 4.42. The smallest absolute Gasteiger partial charge is 0.240 e. The van der Waals surface area contributed by atoms with E-state index >= 15 is 0 Å². The molecule has 1 aromatic carbocycles. The summed E-state index contributed by atoms with van der Waals surface area (Å²) in [7, 11) is -2.18. The van der Waals surface area contributed by atoms with Crippen LogP contribution in [-0.2, 0) is 16.6 Å². The second kappa shape index (κ2) is 6.67. The highest BCUT2D eigenvalue weighted by Gasteiger charge is 2.15. The Morgan fingerprint density at radius 3 is 2.64 bits per heavy atom.